The quantitative estimate of drug-likeness (QED) is 0.439. The van der Waals surface area contributed by atoms with Gasteiger partial charge in [0.1, 0.15) is 0 Å². The van der Waals surface area contributed by atoms with Gasteiger partial charge in [0.25, 0.3) is 0 Å². The second-order valence-electron chi connectivity index (χ2n) is 2.35. The summed E-state index contributed by atoms with van der Waals surface area (Å²) < 4.78 is 0. The lowest BCUT2D eigenvalue weighted by Crippen LogP contribution is -1.91. The molecule has 0 amide bonds. The predicted octanol–water partition coefficient (Wildman–Crippen LogP) is 2.81. The second kappa shape index (κ2) is 5.83. The molecule has 0 saturated carbocycles. The van der Waals surface area contributed by atoms with E-state index in [1.54, 1.807) is 6.21 Å². The van der Waals surface area contributed by atoms with Crippen LogP contribution in [0.25, 0.3) is 0 Å². The lowest BCUT2D eigenvalue weighted by atomic mass is 10.2. The van der Waals surface area contributed by atoms with Crippen LogP contribution in [0.4, 0.5) is 0 Å². The van der Waals surface area contributed by atoms with Gasteiger partial charge in [-0.1, -0.05) is 13.0 Å². The molecule has 0 fully saturated rings. The molecular weight excluding hydrogens is 136 g/mol. The summed E-state index contributed by atoms with van der Waals surface area (Å²) >= 11 is 0. The van der Waals surface area contributed by atoms with Gasteiger partial charge in [0, 0.05) is 6.21 Å². The fourth-order valence-electron chi connectivity index (χ4n) is 0.677. The Morgan fingerprint density at radius 2 is 2.00 bits per heavy atom. The van der Waals surface area contributed by atoms with Crippen LogP contribution in [0.5, 0.6) is 0 Å². The van der Waals surface area contributed by atoms with Crippen molar-refractivity contribution in [1.29, 1.82) is 0 Å². The first kappa shape index (κ1) is 10.1. The van der Waals surface area contributed by atoms with Crippen LogP contribution in [-0.2, 0) is 0 Å². The average molecular weight is 152 g/mol. The summed E-state index contributed by atoms with van der Waals surface area (Å²) in [6, 6.07) is 0. The molecule has 0 aromatic carbocycles. The van der Waals surface area contributed by atoms with Crippen LogP contribution in [0, 0.1) is 0 Å². The SMILES string of the molecule is C\C=N/N=C(C)/C(C)=C/CC. The molecule has 0 bridgehead atoms. The van der Waals surface area contributed by atoms with Gasteiger partial charge in [-0.25, -0.2) is 0 Å². The van der Waals surface area contributed by atoms with E-state index in [-0.39, 0.29) is 0 Å². The standard InChI is InChI=1S/C9H16N2/c1-5-7-8(3)9(4)11-10-6-2/h6-7H,5H2,1-4H3/b8-7+,10-6-,11-9+. The minimum absolute atomic E-state index is 0.991. The van der Waals surface area contributed by atoms with Crippen LogP contribution in [0.3, 0.4) is 0 Å². The highest BCUT2D eigenvalue weighted by atomic mass is 15.2. The molecule has 0 rings (SSSR count). The molecule has 0 unspecified atom stereocenters. The molecule has 0 heterocycles. The van der Waals surface area contributed by atoms with Crippen molar-refractivity contribution in [1.82, 2.24) is 0 Å². The Kier molecular flexibility index (Phi) is 5.35. The smallest absolute Gasteiger partial charge is 0.0625 e. The summed E-state index contributed by atoms with van der Waals surface area (Å²) in [7, 11) is 0. The van der Waals surface area contributed by atoms with Crippen molar-refractivity contribution in [3.05, 3.63) is 11.6 Å². The van der Waals surface area contributed by atoms with E-state index in [2.05, 4.69) is 23.2 Å². The Morgan fingerprint density at radius 3 is 2.45 bits per heavy atom. The molecule has 0 N–H and O–H groups in total. The molecule has 0 aliphatic rings. The fraction of sp³-hybridized carbons (Fsp3) is 0.556. The average Bonchev–Trinajstić information content (AvgIpc) is 2.00. The summed E-state index contributed by atoms with van der Waals surface area (Å²) in [6.07, 6.45) is 4.88. The van der Waals surface area contributed by atoms with E-state index >= 15 is 0 Å². The minimum Gasteiger partial charge on any atom is -0.164 e. The normalized spacial score (nSPS) is 14.5. The Morgan fingerprint density at radius 1 is 1.36 bits per heavy atom. The Balaban J connectivity index is 4.22. The number of hydrogen-bond donors (Lipinski definition) is 0. The van der Waals surface area contributed by atoms with Crippen LogP contribution < -0.4 is 0 Å². The maximum atomic E-state index is 3.98. The van der Waals surface area contributed by atoms with Gasteiger partial charge in [-0.05, 0) is 32.8 Å². The zero-order valence-corrected chi connectivity index (χ0v) is 7.76. The minimum atomic E-state index is 0.991. The largest absolute Gasteiger partial charge is 0.164 e. The molecule has 2 nitrogen and oxygen atoms in total. The summed E-state index contributed by atoms with van der Waals surface area (Å²) in [4.78, 5) is 0. The summed E-state index contributed by atoms with van der Waals surface area (Å²) in [5.74, 6) is 0. The van der Waals surface area contributed by atoms with Gasteiger partial charge in [0.15, 0.2) is 0 Å². The van der Waals surface area contributed by atoms with Crippen LogP contribution in [0.1, 0.15) is 34.1 Å². The molecule has 62 valence electrons. The molecule has 0 aromatic heterocycles. The van der Waals surface area contributed by atoms with Crippen molar-refractivity contribution in [2.24, 2.45) is 10.2 Å². The maximum Gasteiger partial charge on any atom is 0.0625 e. The topological polar surface area (TPSA) is 24.7 Å². The van der Waals surface area contributed by atoms with Crippen molar-refractivity contribution in [2.75, 3.05) is 0 Å². The van der Waals surface area contributed by atoms with E-state index in [9.17, 15) is 0 Å². The molecule has 0 spiro atoms. The second-order valence-corrected chi connectivity index (χ2v) is 2.35. The van der Waals surface area contributed by atoms with Gasteiger partial charge < -0.3 is 0 Å². The van der Waals surface area contributed by atoms with E-state index in [1.807, 2.05) is 20.8 Å². The third-order valence-corrected chi connectivity index (χ3v) is 1.40. The lowest BCUT2D eigenvalue weighted by molar-refractivity contribution is 1.18. The van der Waals surface area contributed by atoms with Crippen LogP contribution in [0.2, 0.25) is 0 Å². The van der Waals surface area contributed by atoms with E-state index in [1.165, 1.54) is 5.57 Å². The van der Waals surface area contributed by atoms with Gasteiger partial charge in [-0.3, -0.25) is 0 Å². The molecular formula is C9H16N2. The fourth-order valence-corrected chi connectivity index (χ4v) is 0.677. The van der Waals surface area contributed by atoms with E-state index < -0.39 is 0 Å². The first-order valence-corrected chi connectivity index (χ1v) is 3.91. The molecule has 2 heteroatoms. The molecule has 11 heavy (non-hydrogen) atoms. The summed E-state index contributed by atoms with van der Waals surface area (Å²) in [5.41, 5.74) is 2.20. The van der Waals surface area contributed by atoms with Crippen molar-refractivity contribution < 1.29 is 0 Å². The van der Waals surface area contributed by atoms with Gasteiger partial charge in [0.2, 0.25) is 0 Å². The van der Waals surface area contributed by atoms with Crippen molar-refractivity contribution in [3.8, 4) is 0 Å². The molecule has 0 atom stereocenters. The predicted molar refractivity (Wildman–Crippen MR) is 51.3 cm³/mol. The number of allylic oxidation sites excluding steroid dienone is 2. The van der Waals surface area contributed by atoms with Gasteiger partial charge in [-0.2, -0.15) is 10.2 Å². The third-order valence-electron chi connectivity index (χ3n) is 1.40. The lowest BCUT2D eigenvalue weighted by Gasteiger charge is -1.95. The number of rotatable bonds is 3. The highest BCUT2D eigenvalue weighted by Gasteiger charge is 1.90. The Hall–Kier alpha value is -0.920. The first-order chi connectivity index (χ1) is 5.22. The summed E-state index contributed by atoms with van der Waals surface area (Å²) in [5, 5.41) is 7.78. The molecule has 0 radical (unpaired) electrons. The van der Waals surface area contributed by atoms with Crippen molar-refractivity contribution in [3.63, 3.8) is 0 Å². The van der Waals surface area contributed by atoms with Gasteiger partial charge in [0.05, 0.1) is 5.71 Å². The monoisotopic (exact) mass is 152 g/mol. The molecule has 0 aliphatic carbocycles. The highest BCUT2D eigenvalue weighted by molar-refractivity contribution is 5.97. The van der Waals surface area contributed by atoms with Crippen molar-refractivity contribution >= 4 is 11.9 Å². The maximum absolute atomic E-state index is 3.98. The van der Waals surface area contributed by atoms with Gasteiger partial charge in [-0.15, -0.1) is 0 Å². The van der Waals surface area contributed by atoms with Gasteiger partial charge >= 0.3 is 0 Å². The van der Waals surface area contributed by atoms with E-state index in [4.69, 9.17) is 0 Å². The first-order valence-electron chi connectivity index (χ1n) is 3.91. The van der Waals surface area contributed by atoms with Crippen LogP contribution >= 0.6 is 0 Å². The van der Waals surface area contributed by atoms with Crippen LogP contribution in [-0.4, -0.2) is 11.9 Å². The van der Waals surface area contributed by atoms with E-state index in [0.717, 1.165) is 12.1 Å². The number of nitrogens with zero attached hydrogens (tertiary/aromatic N) is 2. The Labute approximate surface area is 68.7 Å². The zero-order chi connectivity index (χ0) is 8.69. The zero-order valence-electron chi connectivity index (χ0n) is 7.76. The molecule has 0 aromatic rings. The number of hydrogen-bond acceptors (Lipinski definition) is 2. The molecule has 0 saturated heterocycles. The van der Waals surface area contributed by atoms with Crippen molar-refractivity contribution in [2.45, 2.75) is 34.1 Å². The summed E-state index contributed by atoms with van der Waals surface area (Å²) in [6.45, 7) is 7.98. The molecule has 0 aliphatic heterocycles. The Bertz CT molecular complexity index is 188. The third kappa shape index (κ3) is 4.48. The highest BCUT2D eigenvalue weighted by Crippen LogP contribution is 1.98. The van der Waals surface area contributed by atoms with Crippen LogP contribution in [0.15, 0.2) is 21.9 Å². The van der Waals surface area contributed by atoms with E-state index in [0.29, 0.717) is 0 Å².